The van der Waals surface area contributed by atoms with E-state index < -0.39 is 17.8 Å². The van der Waals surface area contributed by atoms with Gasteiger partial charge in [0.25, 0.3) is 0 Å². The topological polar surface area (TPSA) is 66.4 Å². The van der Waals surface area contributed by atoms with Gasteiger partial charge in [-0.1, -0.05) is 41.9 Å². The van der Waals surface area contributed by atoms with E-state index in [9.17, 15) is 9.59 Å². The Bertz CT molecular complexity index is 476. The Morgan fingerprint density at radius 3 is 2.37 bits per heavy atom. The van der Waals surface area contributed by atoms with Crippen LogP contribution in [-0.4, -0.2) is 17.0 Å². The molecule has 0 aromatic heterocycles. The molecule has 0 saturated carbocycles. The van der Waals surface area contributed by atoms with Crippen molar-refractivity contribution in [1.82, 2.24) is 5.32 Å². The zero-order valence-electron chi connectivity index (χ0n) is 11.2. The standard InChI is InChI=1S/C14H18BrNO3/c1-8(9(2)14(18)19)13(17)16-10(3)11-5-4-6-12(15)7-11/h4-10H,1-3H3,(H,16,17)(H,18,19)/t8?,9?,10-/m0/s1. The largest absolute Gasteiger partial charge is 0.481 e. The molecule has 104 valence electrons. The van der Waals surface area contributed by atoms with Crippen molar-refractivity contribution < 1.29 is 14.7 Å². The zero-order valence-corrected chi connectivity index (χ0v) is 12.8. The average Bonchev–Trinajstić information content (AvgIpc) is 2.36. The normalized spacial score (nSPS) is 15.4. The molecule has 19 heavy (non-hydrogen) atoms. The van der Waals surface area contributed by atoms with Crippen molar-refractivity contribution in [2.45, 2.75) is 26.8 Å². The third-order valence-corrected chi connectivity index (χ3v) is 3.75. The number of hydrogen-bond acceptors (Lipinski definition) is 2. The molecule has 1 aromatic rings. The fourth-order valence-corrected chi connectivity index (χ4v) is 2.06. The summed E-state index contributed by atoms with van der Waals surface area (Å²) in [6.07, 6.45) is 0. The number of nitrogens with one attached hydrogen (secondary N) is 1. The molecular formula is C14H18BrNO3. The number of benzene rings is 1. The van der Waals surface area contributed by atoms with Crippen molar-refractivity contribution in [1.29, 1.82) is 0 Å². The lowest BCUT2D eigenvalue weighted by atomic mass is 9.94. The fraction of sp³-hybridized carbons (Fsp3) is 0.429. The second-order valence-corrected chi connectivity index (χ2v) is 5.62. The molecule has 0 heterocycles. The quantitative estimate of drug-likeness (QED) is 0.873. The summed E-state index contributed by atoms with van der Waals surface area (Å²) < 4.78 is 0.943. The van der Waals surface area contributed by atoms with Crippen LogP contribution >= 0.6 is 15.9 Å². The van der Waals surface area contributed by atoms with E-state index in [0.29, 0.717) is 0 Å². The number of hydrogen-bond donors (Lipinski definition) is 2. The van der Waals surface area contributed by atoms with Gasteiger partial charge in [-0.05, 0) is 24.6 Å². The van der Waals surface area contributed by atoms with Crippen LogP contribution in [0.1, 0.15) is 32.4 Å². The van der Waals surface area contributed by atoms with E-state index in [1.54, 1.807) is 6.92 Å². The van der Waals surface area contributed by atoms with E-state index in [2.05, 4.69) is 21.2 Å². The Balaban J connectivity index is 2.69. The predicted molar refractivity (Wildman–Crippen MR) is 76.7 cm³/mol. The van der Waals surface area contributed by atoms with Crippen LogP contribution < -0.4 is 5.32 Å². The Kier molecular flexibility index (Phi) is 5.54. The molecule has 0 aliphatic rings. The zero-order chi connectivity index (χ0) is 14.6. The number of aliphatic carboxylic acids is 1. The average molecular weight is 328 g/mol. The van der Waals surface area contributed by atoms with Crippen molar-refractivity contribution in [2.75, 3.05) is 0 Å². The first-order valence-corrected chi connectivity index (χ1v) is 6.91. The summed E-state index contributed by atoms with van der Waals surface area (Å²) in [7, 11) is 0. The maximum Gasteiger partial charge on any atom is 0.307 e. The van der Waals surface area contributed by atoms with Crippen molar-refractivity contribution in [3.05, 3.63) is 34.3 Å². The second-order valence-electron chi connectivity index (χ2n) is 4.70. The summed E-state index contributed by atoms with van der Waals surface area (Å²) in [6, 6.07) is 7.49. The maximum atomic E-state index is 12.0. The smallest absolute Gasteiger partial charge is 0.307 e. The van der Waals surface area contributed by atoms with Gasteiger partial charge in [0, 0.05) is 10.4 Å². The first-order valence-electron chi connectivity index (χ1n) is 6.11. The lowest BCUT2D eigenvalue weighted by Crippen LogP contribution is -2.36. The lowest BCUT2D eigenvalue weighted by molar-refractivity contribution is -0.146. The molecule has 0 radical (unpaired) electrons. The molecule has 5 heteroatoms. The van der Waals surface area contributed by atoms with Crippen molar-refractivity contribution in [3.63, 3.8) is 0 Å². The predicted octanol–water partition coefficient (Wildman–Crippen LogP) is 2.98. The molecule has 3 atom stereocenters. The van der Waals surface area contributed by atoms with Gasteiger partial charge in [0.05, 0.1) is 12.0 Å². The molecular weight excluding hydrogens is 310 g/mol. The van der Waals surface area contributed by atoms with Gasteiger partial charge in [-0.15, -0.1) is 0 Å². The summed E-state index contributed by atoms with van der Waals surface area (Å²) in [5, 5.41) is 11.7. The van der Waals surface area contributed by atoms with Gasteiger partial charge in [-0.2, -0.15) is 0 Å². The highest BCUT2D eigenvalue weighted by Gasteiger charge is 2.26. The van der Waals surface area contributed by atoms with Gasteiger partial charge in [0.2, 0.25) is 5.91 Å². The van der Waals surface area contributed by atoms with Crippen LogP contribution in [0.4, 0.5) is 0 Å². The number of carboxylic acids is 1. The highest BCUT2D eigenvalue weighted by Crippen LogP contribution is 2.19. The van der Waals surface area contributed by atoms with Crippen molar-refractivity contribution in [3.8, 4) is 0 Å². The minimum atomic E-state index is -0.960. The van der Waals surface area contributed by atoms with Crippen molar-refractivity contribution >= 4 is 27.8 Å². The molecule has 0 bridgehead atoms. The number of rotatable bonds is 5. The molecule has 1 aromatic carbocycles. The SMILES string of the molecule is CC(C(=O)O)C(C)C(=O)N[C@@H](C)c1cccc(Br)c1. The first kappa shape index (κ1) is 15.7. The van der Waals surface area contributed by atoms with Crippen LogP contribution in [0.5, 0.6) is 0 Å². The van der Waals surface area contributed by atoms with Crippen LogP contribution in [0.2, 0.25) is 0 Å². The van der Waals surface area contributed by atoms with Gasteiger partial charge < -0.3 is 10.4 Å². The number of amides is 1. The fourth-order valence-electron chi connectivity index (χ4n) is 1.65. The van der Waals surface area contributed by atoms with Crippen LogP contribution in [0.3, 0.4) is 0 Å². The summed E-state index contributed by atoms with van der Waals surface area (Å²) in [5.41, 5.74) is 0.970. The highest BCUT2D eigenvalue weighted by atomic mass is 79.9. The monoisotopic (exact) mass is 327 g/mol. The molecule has 0 fully saturated rings. The molecule has 2 unspecified atom stereocenters. The summed E-state index contributed by atoms with van der Waals surface area (Å²) >= 11 is 3.38. The summed E-state index contributed by atoms with van der Waals surface area (Å²) in [6.45, 7) is 5.04. The van der Waals surface area contributed by atoms with E-state index >= 15 is 0 Å². The highest BCUT2D eigenvalue weighted by molar-refractivity contribution is 9.10. The van der Waals surface area contributed by atoms with E-state index in [-0.39, 0.29) is 11.9 Å². The molecule has 2 N–H and O–H groups in total. The second kappa shape index (κ2) is 6.70. The first-order chi connectivity index (χ1) is 8.82. The Morgan fingerprint density at radius 1 is 1.21 bits per heavy atom. The van der Waals surface area contributed by atoms with Crippen molar-refractivity contribution in [2.24, 2.45) is 11.8 Å². The molecule has 0 aliphatic carbocycles. The third-order valence-electron chi connectivity index (χ3n) is 3.26. The minimum absolute atomic E-state index is 0.159. The van der Waals surface area contributed by atoms with Gasteiger partial charge in [-0.25, -0.2) is 0 Å². The minimum Gasteiger partial charge on any atom is -0.481 e. The van der Waals surface area contributed by atoms with Crippen LogP contribution in [0.15, 0.2) is 28.7 Å². The summed E-state index contributed by atoms with van der Waals surface area (Å²) in [5.74, 6) is -2.47. The molecule has 0 aliphatic heterocycles. The molecule has 0 saturated heterocycles. The summed E-state index contributed by atoms with van der Waals surface area (Å²) in [4.78, 5) is 22.8. The molecule has 4 nitrogen and oxygen atoms in total. The Labute approximate surface area is 121 Å². The lowest BCUT2D eigenvalue weighted by Gasteiger charge is -2.20. The van der Waals surface area contributed by atoms with E-state index in [4.69, 9.17) is 5.11 Å². The van der Waals surface area contributed by atoms with E-state index in [1.165, 1.54) is 6.92 Å². The number of halogens is 1. The third kappa shape index (κ3) is 4.35. The Hall–Kier alpha value is -1.36. The van der Waals surface area contributed by atoms with Gasteiger partial charge in [-0.3, -0.25) is 9.59 Å². The van der Waals surface area contributed by atoms with Gasteiger partial charge in [0.15, 0.2) is 0 Å². The van der Waals surface area contributed by atoms with Crippen LogP contribution in [0, 0.1) is 11.8 Å². The van der Waals surface area contributed by atoms with Gasteiger partial charge in [0.1, 0.15) is 0 Å². The molecule has 0 spiro atoms. The molecule has 1 rings (SSSR count). The van der Waals surface area contributed by atoms with Crippen LogP contribution in [-0.2, 0) is 9.59 Å². The van der Waals surface area contributed by atoms with E-state index in [0.717, 1.165) is 10.0 Å². The van der Waals surface area contributed by atoms with Crippen LogP contribution in [0.25, 0.3) is 0 Å². The van der Waals surface area contributed by atoms with Gasteiger partial charge >= 0.3 is 5.97 Å². The number of carbonyl (C=O) groups is 2. The number of carboxylic acid groups (broad SMARTS) is 1. The van der Waals surface area contributed by atoms with E-state index in [1.807, 2.05) is 31.2 Å². The maximum absolute atomic E-state index is 12.0. The molecule has 1 amide bonds. The number of carbonyl (C=O) groups excluding carboxylic acids is 1. The Morgan fingerprint density at radius 2 is 1.84 bits per heavy atom.